The molecular formula is C7H15GaN2. The molecule has 0 aromatic carbocycles. The second kappa shape index (κ2) is 5.62. The predicted molar refractivity (Wildman–Crippen MR) is 48.8 cm³/mol. The van der Waals surface area contributed by atoms with E-state index in [1.54, 1.807) is 13.3 Å². The second-order valence-corrected chi connectivity index (χ2v) is 8.81. The molecule has 0 spiro atoms. The van der Waals surface area contributed by atoms with E-state index in [-0.39, 0.29) is 0 Å². The van der Waals surface area contributed by atoms with Crippen LogP contribution < -0.4 is 0 Å². The summed E-state index contributed by atoms with van der Waals surface area (Å²) in [4.78, 5) is 3.85. The van der Waals surface area contributed by atoms with Gasteiger partial charge in [0.25, 0.3) is 0 Å². The Hall–Kier alpha value is -0.154. The van der Waals surface area contributed by atoms with Crippen molar-refractivity contribution in [3.05, 3.63) is 12.3 Å². The number of hydrogen-bond donors (Lipinski definition) is 0. The Morgan fingerprint density at radius 2 is 2.00 bits per heavy atom. The normalized spacial score (nSPS) is 11.2. The van der Waals surface area contributed by atoms with E-state index < -0.39 is 16.5 Å². The van der Waals surface area contributed by atoms with Gasteiger partial charge >= 0.3 is 68.6 Å². The predicted octanol–water partition coefficient (Wildman–Crippen LogP) is 1.38. The van der Waals surface area contributed by atoms with E-state index in [4.69, 9.17) is 0 Å². The quantitative estimate of drug-likeness (QED) is 0.492. The molecule has 0 bridgehead atoms. The number of aliphatic imine (C=N–C) groups is 1. The van der Waals surface area contributed by atoms with Crippen molar-refractivity contribution in [1.82, 2.24) is 3.61 Å². The molecular weight excluding hydrogens is 182 g/mol. The van der Waals surface area contributed by atoms with Crippen LogP contribution >= 0.6 is 0 Å². The monoisotopic (exact) mass is 196 g/mol. The molecule has 0 amide bonds. The molecule has 0 rings (SSSR count). The Morgan fingerprint density at radius 1 is 1.40 bits per heavy atom. The van der Waals surface area contributed by atoms with Gasteiger partial charge in [0, 0.05) is 0 Å². The van der Waals surface area contributed by atoms with E-state index in [1.165, 1.54) is 0 Å². The minimum absolute atomic E-state index is 1.04. The van der Waals surface area contributed by atoms with Gasteiger partial charge < -0.3 is 0 Å². The summed E-state index contributed by atoms with van der Waals surface area (Å²) in [6, 6.07) is 0. The summed E-state index contributed by atoms with van der Waals surface area (Å²) in [5.74, 6) is 0. The first kappa shape index (κ1) is 9.85. The third kappa shape index (κ3) is 4.70. The maximum atomic E-state index is 3.85. The molecule has 0 saturated carbocycles. The molecule has 56 valence electrons. The maximum absolute atomic E-state index is 3.85. The van der Waals surface area contributed by atoms with Crippen LogP contribution in [0.15, 0.2) is 17.3 Å². The summed E-state index contributed by atoms with van der Waals surface area (Å²) >= 11 is -1.04. The van der Waals surface area contributed by atoms with E-state index in [2.05, 4.69) is 32.8 Å². The van der Waals surface area contributed by atoms with Crippen molar-refractivity contribution in [2.45, 2.75) is 11.0 Å². The van der Waals surface area contributed by atoms with E-state index in [9.17, 15) is 0 Å². The Kier molecular flexibility index (Phi) is 5.53. The fraction of sp³-hybridized carbons (Fsp3) is 0.571. The van der Waals surface area contributed by atoms with Gasteiger partial charge in [-0.25, -0.2) is 0 Å². The van der Waals surface area contributed by atoms with Gasteiger partial charge in [0.05, 0.1) is 0 Å². The fourth-order valence-electron chi connectivity index (χ4n) is 0.432. The van der Waals surface area contributed by atoms with Crippen LogP contribution in [-0.2, 0) is 0 Å². The van der Waals surface area contributed by atoms with Gasteiger partial charge in [-0.1, -0.05) is 0 Å². The topological polar surface area (TPSA) is 15.6 Å². The molecule has 0 aromatic heterocycles. The van der Waals surface area contributed by atoms with Crippen molar-refractivity contribution in [3.8, 4) is 0 Å². The van der Waals surface area contributed by atoms with Crippen LogP contribution in [0.5, 0.6) is 0 Å². The van der Waals surface area contributed by atoms with Gasteiger partial charge in [-0.3, -0.25) is 0 Å². The Labute approximate surface area is 68.9 Å². The van der Waals surface area contributed by atoms with Crippen molar-refractivity contribution in [1.29, 1.82) is 0 Å². The van der Waals surface area contributed by atoms with Crippen LogP contribution in [0.25, 0.3) is 0 Å². The first-order chi connectivity index (χ1) is 4.68. The van der Waals surface area contributed by atoms with Crippen LogP contribution in [0.1, 0.15) is 0 Å². The zero-order chi connectivity index (χ0) is 7.98. The number of rotatable bonds is 3. The van der Waals surface area contributed by atoms with Crippen molar-refractivity contribution in [2.75, 3.05) is 14.1 Å². The molecule has 0 N–H and O–H groups in total. The molecule has 0 atom stereocenters. The van der Waals surface area contributed by atoms with Crippen LogP contribution in [0.4, 0.5) is 0 Å². The summed E-state index contributed by atoms with van der Waals surface area (Å²) < 4.78 is 2.31. The molecule has 0 aliphatic rings. The van der Waals surface area contributed by atoms with E-state index >= 15 is 0 Å². The zero-order valence-corrected chi connectivity index (χ0v) is 9.63. The Morgan fingerprint density at radius 3 is 2.40 bits per heavy atom. The average Bonchev–Trinajstić information content (AvgIpc) is 1.88. The Bertz CT molecular complexity index is 130. The van der Waals surface area contributed by atoms with Crippen LogP contribution in [0.2, 0.25) is 11.0 Å². The molecule has 0 aliphatic carbocycles. The van der Waals surface area contributed by atoms with Gasteiger partial charge in [-0.15, -0.1) is 0 Å². The fourth-order valence-corrected chi connectivity index (χ4v) is 1.36. The van der Waals surface area contributed by atoms with Gasteiger partial charge in [-0.2, -0.15) is 0 Å². The molecule has 2 nitrogen and oxygen atoms in total. The van der Waals surface area contributed by atoms with Crippen molar-refractivity contribution in [3.63, 3.8) is 0 Å². The van der Waals surface area contributed by atoms with Gasteiger partial charge in [0.1, 0.15) is 0 Å². The van der Waals surface area contributed by atoms with Gasteiger partial charge in [-0.05, 0) is 0 Å². The second-order valence-electron chi connectivity index (χ2n) is 2.51. The SMILES string of the molecule is CN=C/C=C\[N](C)[Ga]([CH3])[CH3]. The molecule has 0 aromatic rings. The molecule has 3 heteroatoms. The van der Waals surface area contributed by atoms with Crippen LogP contribution in [-0.4, -0.2) is 40.4 Å². The van der Waals surface area contributed by atoms with E-state index in [0.717, 1.165) is 0 Å². The summed E-state index contributed by atoms with van der Waals surface area (Å²) in [6.07, 6.45) is 5.88. The Balaban J connectivity index is 3.66. The number of nitrogens with zero attached hydrogens (tertiary/aromatic N) is 2. The number of allylic oxidation sites excluding steroid dienone is 1. The number of hydrogen-bond acceptors (Lipinski definition) is 2. The summed E-state index contributed by atoms with van der Waals surface area (Å²) in [7, 11) is 3.91. The van der Waals surface area contributed by atoms with E-state index in [1.807, 2.05) is 6.08 Å². The molecule has 0 radical (unpaired) electrons. The molecule has 0 fully saturated rings. The molecule has 0 heterocycles. The van der Waals surface area contributed by atoms with Gasteiger partial charge in [0.2, 0.25) is 0 Å². The zero-order valence-electron chi connectivity index (χ0n) is 7.20. The summed E-state index contributed by atoms with van der Waals surface area (Å²) in [5, 5.41) is 0. The first-order valence-corrected chi connectivity index (χ1v) is 9.42. The molecule has 0 aliphatic heterocycles. The van der Waals surface area contributed by atoms with Crippen LogP contribution in [0.3, 0.4) is 0 Å². The molecule has 0 unspecified atom stereocenters. The van der Waals surface area contributed by atoms with Crippen molar-refractivity contribution < 1.29 is 0 Å². The standard InChI is InChI=1S/C5H9N2.2CH3.Ga/c1-6-4-3-5-7-2;;;/h3-5H,1-2H3;2*1H3;/q-1;;;+1/b4-3-,7-5?;;;. The molecule has 0 saturated heterocycles. The third-order valence-corrected chi connectivity index (χ3v) is 5.15. The summed E-state index contributed by atoms with van der Waals surface area (Å²) in [6.45, 7) is 0. The summed E-state index contributed by atoms with van der Waals surface area (Å²) in [5.41, 5.74) is 4.67. The van der Waals surface area contributed by atoms with Gasteiger partial charge in [0.15, 0.2) is 0 Å². The molecule has 10 heavy (non-hydrogen) atoms. The van der Waals surface area contributed by atoms with Crippen molar-refractivity contribution >= 4 is 22.7 Å². The van der Waals surface area contributed by atoms with Crippen molar-refractivity contribution in [2.24, 2.45) is 4.99 Å². The minimum atomic E-state index is -1.04. The van der Waals surface area contributed by atoms with Crippen LogP contribution in [0, 0.1) is 0 Å². The third-order valence-electron chi connectivity index (χ3n) is 1.37. The first-order valence-electron chi connectivity index (χ1n) is 3.49. The average molecular weight is 197 g/mol. The van der Waals surface area contributed by atoms with E-state index in [0.29, 0.717) is 0 Å².